The smallest absolute Gasteiger partial charge is 0.246 e. The van der Waals surface area contributed by atoms with Gasteiger partial charge < -0.3 is 10.2 Å². The Morgan fingerprint density at radius 2 is 2.07 bits per heavy atom. The van der Waals surface area contributed by atoms with Crippen molar-refractivity contribution in [2.45, 2.75) is 13.8 Å². The number of rotatable bonds is 0. The molecule has 74 valence electrons. The van der Waals surface area contributed by atoms with Crippen LogP contribution < -0.4 is 10.2 Å². The van der Waals surface area contributed by atoms with Gasteiger partial charge in [0.05, 0.1) is 17.9 Å². The summed E-state index contributed by atoms with van der Waals surface area (Å²) in [5, 5.41) is 3.15. The predicted octanol–water partition coefficient (Wildman–Crippen LogP) is 1.69. The highest BCUT2D eigenvalue weighted by atomic mass is 16.2. The minimum atomic E-state index is 0.113. The summed E-state index contributed by atoms with van der Waals surface area (Å²) in [6.07, 6.45) is 0. The van der Waals surface area contributed by atoms with Crippen molar-refractivity contribution >= 4 is 17.3 Å². The van der Waals surface area contributed by atoms with E-state index in [1.807, 2.05) is 20.0 Å². The topological polar surface area (TPSA) is 32.3 Å². The highest BCUT2D eigenvalue weighted by molar-refractivity contribution is 6.02. The van der Waals surface area contributed by atoms with Crippen molar-refractivity contribution in [3.8, 4) is 0 Å². The van der Waals surface area contributed by atoms with Crippen LogP contribution in [0, 0.1) is 13.8 Å². The number of benzene rings is 1. The maximum atomic E-state index is 11.4. The average Bonchev–Trinajstić information content (AvgIpc) is 2.12. The molecule has 2 rings (SSSR count). The Morgan fingerprint density at radius 3 is 2.79 bits per heavy atom. The van der Waals surface area contributed by atoms with Crippen molar-refractivity contribution in [3.05, 3.63) is 23.3 Å². The maximum Gasteiger partial charge on any atom is 0.246 e. The molecule has 1 N–H and O–H groups in total. The fourth-order valence-corrected chi connectivity index (χ4v) is 1.86. The quantitative estimate of drug-likeness (QED) is 0.675. The zero-order chi connectivity index (χ0) is 10.3. The third-order valence-corrected chi connectivity index (χ3v) is 2.61. The van der Waals surface area contributed by atoms with Crippen LogP contribution in [0.2, 0.25) is 0 Å². The molecule has 0 fully saturated rings. The first-order valence-electron chi connectivity index (χ1n) is 4.71. The van der Waals surface area contributed by atoms with Crippen molar-refractivity contribution in [2.24, 2.45) is 0 Å². The van der Waals surface area contributed by atoms with Crippen LogP contribution in [0.15, 0.2) is 12.1 Å². The molecule has 0 saturated carbocycles. The molecule has 3 nitrogen and oxygen atoms in total. The van der Waals surface area contributed by atoms with Crippen LogP contribution in [0.1, 0.15) is 11.1 Å². The van der Waals surface area contributed by atoms with Crippen LogP contribution in [0.4, 0.5) is 11.4 Å². The molecule has 3 heteroatoms. The lowest BCUT2D eigenvalue weighted by molar-refractivity contribution is -0.116. The number of nitrogens with one attached hydrogen (secondary N) is 1. The first kappa shape index (κ1) is 9.06. The summed E-state index contributed by atoms with van der Waals surface area (Å²) < 4.78 is 0. The average molecular weight is 190 g/mol. The molecule has 1 aliphatic heterocycles. The number of anilines is 2. The third-order valence-electron chi connectivity index (χ3n) is 2.61. The Labute approximate surface area is 83.7 Å². The van der Waals surface area contributed by atoms with Crippen LogP contribution in [-0.4, -0.2) is 19.5 Å². The molecule has 0 saturated heterocycles. The van der Waals surface area contributed by atoms with Crippen LogP contribution in [-0.2, 0) is 4.79 Å². The van der Waals surface area contributed by atoms with Crippen molar-refractivity contribution in [1.82, 2.24) is 0 Å². The summed E-state index contributed by atoms with van der Waals surface area (Å²) in [7, 11) is 1.82. The van der Waals surface area contributed by atoms with E-state index in [0.29, 0.717) is 6.54 Å². The van der Waals surface area contributed by atoms with Gasteiger partial charge in [0.15, 0.2) is 0 Å². The van der Waals surface area contributed by atoms with E-state index in [4.69, 9.17) is 0 Å². The minimum Gasteiger partial charge on any atom is -0.374 e. The van der Waals surface area contributed by atoms with Crippen LogP contribution in [0.3, 0.4) is 0 Å². The second-order valence-electron chi connectivity index (χ2n) is 3.78. The number of aryl methyl sites for hydroxylation is 2. The number of fused-ring (bicyclic) bond motifs is 1. The Bertz CT molecular complexity index is 399. The standard InChI is InChI=1S/C11H14N2O/c1-7-4-8(2)11-9(5-7)13(3)10(14)6-12-11/h4-5,12H,6H2,1-3H3. The van der Waals surface area contributed by atoms with Crippen molar-refractivity contribution < 1.29 is 4.79 Å². The minimum absolute atomic E-state index is 0.113. The Balaban J connectivity index is 2.59. The number of likely N-dealkylation sites (N-methyl/N-ethyl adjacent to an activating group) is 1. The van der Waals surface area contributed by atoms with Crippen molar-refractivity contribution in [1.29, 1.82) is 0 Å². The molecule has 1 heterocycles. The van der Waals surface area contributed by atoms with E-state index in [2.05, 4.69) is 18.3 Å². The van der Waals surface area contributed by atoms with Gasteiger partial charge in [0.2, 0.25) is 5.91 Å². The van der Waals surface area contributed by atoms with Gasteiger partial charge in [0.25, 0.3) is 0 Å². The van der Waals surface area contributed by atoms with Gasteiger partial charge in [0, 0.05) is 7.05 Å². The first-order chi connectivity index (χ1) is 6.59. The second kappa shape index (κ2) is 3.01. The van der Waals surface area contributed by atoms with Gasteiger partial charge in [-0.25, -0.2) is 0 Å². The predicted molar refractivity (Wildman–Crippen MR) is 57.8 cm³/mol. The Kier molecular flexibility index (Phi) is 1.95. The van der Waals surface area contributed by atoms with Gasteiger partial charge in [-0.1, -0.05) is 6.07 Å². The van der Waals surface area contributed by atoms with Crippen molar-refractivity contribution in [3.63, 3.8) is 0 Å². The number of hydrogen-bond acceptors (Lipinski definition) is 2. The molecule has 0 spiro atoms. The van der Waals surface area contributed by atoms with Crippen LogP contribution >= 0.6 is 0 Å². The zero-order valence-corrected chi connectivity index (χ0v) is 8.72. The summed E-state index contributed by atoms with van der Waals surface area (Å²) in [5.41, 5.74) is 4.44. The Morgan fingerprint density at radius 1 is 1.36 bits per heavy atom. The summed E-state index contributed by atoms with van der Waals surface area (Å²) >= 11 is 0. The highest BCUT2D eigenvalue weighted by Gasteiger charge is 2.21. The number of carbonyl (C=O) groups is 1. The molecule has 14 heavy (non-hydrogen) atoms. The van der Waals surface area contributed by atoms with E-state index in [9.17, 15) is 4.79 Å². The lowest BCUT2D eigenvalue weighted by atomic mass is 10.1. The summed E-state index contributed by atoms with van der Waals surface area (Å²) in [5.74, 6) is 0.113. The second-order valence-corrected chi connectivity index (χ2v) is 3.78. The molecule has 0 bridgehead atoms. The molecule has 1 aliphatic rings. The maximum absolute atomic E-state index is 11.4. The molecule has 0 aromatic heterocycles. The summed E-state index contributed by atoms with van der Waals surface area (Å²) in [6, 6.07) is 4.15. The first-order valence-corrected chi connectivity index (χ1v) is 4.71. The molecule has 0 atom stereocenters. The number of hydrogen-bond donors (Lipinski definition) is 1. The molecule has 0 unspecified atom stereocenters. The largest absolute Gasteiger partial charge is 0.374 e. The Hall–Kier alpha value is -1.51. The van der Waals surface area contributed by atoms with Gasteiger partial charge in [0.1, 0.15) is 0 Å². The van der Waals surface area contributed by atoms with Gasteiger partial charge >= 0.3 is 0 Å². The molecule has 0 aliphatic carbocycles. The SMILES string of the molecule is Cc1cc(C)c2c(c1)N(C)C(=O)CN2. The summed E-state index contributed by atoms with van der Waals surface area (Å²) in [6.45, 7) is 4.50. The van der Waals surface area contributed by atoms with Crippen LogP contribution in [0.25, 0.3) is 0 Å². The normalized spacial score (nSPS) is 15.1. The molecule has 1 amide bonds. The van der Waals surface area contributed by atoms with E-state index in [1.54, 1.807) is 4.90 Å². The summed E-state index contributed by atoms with van der Waals surface area (Å²) in [4.78, 5) is 13.2. The molecular weight excluding hydrogens is 176 g/mol. The fourth-order valence-electron chi connectivity index (χ4n) is 1.86. The third kappa shape index (κ3) is 1.25. The van der Waals surface area contributed by atoms with E-state index in [1.165, 1.54) is 11.1 Å². The highest BCUT2D eigenvalue weighted by Crippen LogP contribution is 2.32. The zero-order valence-electron chi connectivity index (χ0n) is 8.72. The van der Waals surface area contributed by atoms with Crippen LogP contribution in [0.5, 0.6) is 0 Å². The van der Waals surface area contributed by atoms with Gasteiger partial charge in [-0.05, 0) is 31.0 Å². The number of amides is 1. The van der Waals surface area contributed by atoms with Gasteiger partial charge in [-0.2, -0.15) is 0 Å². The van der Waals surface area contributed by atoms with Crippen molar-refractivity contribution in [2.75, 3.05) is 23.8 Å². The molecule has 0 radical (unpaired) electrons. The van der Waals surface area contributed by atoms with E-state index < -0.39 is 0 Å². The molecular formula is C11H14N2O. The lowest BCUT2D eigenvalue weighted by Crippen LogP contribution is -2.37. The molecule has 1 aromatic rings. The number of carbonyl (C=O) groups excluding carboxylic acids is 1. The number of nitrogens with zero attached hydrogens (tertiary/aromatic N) is 1. The van der Waals surface area contributed by atoms with E-state index >= 15 is 0 Å². The molecule has 1 aromatic carbocycles. The lowest BCUT2D eigenvalue weighted by Gasteiger charge is -2.28. The van der Waals surface area contributed by atoms with Gasteiger partial charge in [-0.3, -0.25) is 4.79 Å². The van der Waals surface area contributed by atoms with E-state index in [-0.39, 0.29) is 5.91 Å². The monoisotopic (exact) mass is 190 g/mol. The van der Waals surface area contributed by atoms with E-state index in [0.717, 1.165) is 11.4 Å². The fraction of sp³-hybridized carbons (Fsp3) is 0.364. The van der Waals surface area contributed by atoms with Gasteiger partial charge in [-0.15, -0.1) is 0 Å².